The maximum atomic E-state index is 5.90. The molecule has 21 heavy (non-hydrogen) atoms. The third-order valence-electron chi connectivity index (χ3n) is 4.34. The maximum absolute atomic E-state index is 5.90. The van der Waals surface area contributed by atoms with Gasteiger partial charge in [-0.05, 0) is 42.9 Å². The highest BCUT2D eigenvalue weighted by molar-refractivity contribution is 5.22. The van der Waals surface area contributed by atoms with Crippen LogP contribution in [0.4, 0.5) is 0 Å². The molecule has 2 nitrogen and oxygen atoms in total. The summed E-state index contributed by atoms with van der Waals surface area (Å²) < 4.78 is 5.90. The van der Waals surface area contributed by atoms with Gasteiger partial charge in [-0.2, -0.15) is 0 Å². The SMILES string of the molecule is CC(C)NCCc1ccc(COCC2CCCCC2)cc1. The Balaban J connectivity index is 1.64. The van der Waals surface area contributed by atoms with Crippen molar-refractivity contribution in [2.24, 2.45) is 5.92 Å². The van der Waals surface area contributed by atoms with Crippen LogP contribution in [0.15, 0.2) is 24.3 Å². The first kappa shape index (κ1) is 16.5. The molecule has 2 rings (SSSR count). The zero-order valence-electron chi connectivity index (χ0n) is 13.7. The van der Waals surface area contributed by atoms with Gasteiger partial charge < -0.3 is 10.1 Å². The standard InChI is InChI=1S/C19H31NO/c1-16(2)20-13-12-17-8-10-19(11-9-17)15-21-14-18-6-4-3-5-7-18/h8-11,16,18,20H,3-7,12-15H2,1-2H3. The van der Waals surface area contributed by atoms with Crippen LogP contribution in [0.25, 0.3) is 0 Å². The summed E-state index contributed by atoms with van der Waals surface area (Å²) in [6, 6.07) is 9.47. The number of nitrogens with one attached hydrogen (secondary N) is 1. The Morgan fingerprint density at radius 3 is 2.38 bits per heavy atom. The highest BCUT2D eigenvalue weighted by Crippen LogP contribution is 2.23. The largest absolute Gasteiger partial charge is 0.376 e. The summed E-state index contributed by atoms with van der Waals surface area (Å²) in [5.41, 5.74) is 2.70. The Kier molecular flexibility index (Phi) is 7.25. The van der Waals surface area contributed by atoms with E-state index in [1.807, 2.05) is 0 Å². The van der Waals surface area contributed by atoms with Crippen molar-refractivity contribution in [3.8, 4) is 0 Å². The van der Waals surface area contributed by atoms with Gasteiger partial charge in [-0.25, -0.2) is 0 Å². The van der Waals surface area contributed by atoms with Gasteiger partial charge in [-0.15, -0.1) is 0 Å². The van der Waals surface area contributed by atoms with E-state index in [1.54, 1.807) is 0 Å². The molecular weight excluding hydrogens is 258 g/mol. The zero-order chi connectivity index (χ0) is 14.9. The van der Waals surface area contributed by atoms with Crippen molar-refractivity contribution in [2.75, 3.05) is 13.2 Å². The molecule has 0 radical (unpaired) electrons. The molecule has 0 atom stereocenters. The van der Waals surface area contributed by atoms with Crippen LogP contribution < -0.4 is 5.32 Å². The lowest BCUT2D eigenvalue weighted by molar-refractivity contribution is 0.0739. The van der Waals surface area contributed by atoms with E-state index in [0.29, 0.717) is 6.04 Å². The van der Waals surface area contributed by atoms with Gasteiger partial charge in [0, 0.05) is 12.6 Å². The molecular formula is C19H31NO. The van der Waals surface area contributed by atoms with Crippen molar-refractivity contribution in [1.29, 1.82) is 0 Å². The number of ether oxygens (including phenoxy) is 1. The van der Waals surface area contributed by atoms with E-state index in [0.717, 1.165) is 32.1 Å². The van der Waals surface area contributed by atoms with E-state index in [4.69, 9.17) is 4.74 Å². The topological polar surface area (TPSA) is 21.3 Å². The molecule has 0 aromatic heterocycles. The molecule has 0 spiro atoms. The van der Waals surface area contributed by atoms with E-state index in [9.17, 15) is 0 Å². The number of benzene rings is 1. The first-order valence-electron chi connectivity index (χ1n) is 8.63. The summed E-state index contributed by atoms with van der Waals surface area (Å²) in [5, 5.41) is 3.45. The second kappa shape index (κ2) is 9.22. The van der Waals surface area contributed by atoms with Gasteiger partial charge >= 0.3 is 0 Å². The maximum Gasteiger partial charge on any atom is 0.0717 e. The molecule has 2 heteroatoms. The molecule has 1 saturated carbocycles. The van der Waals surface area contributed by atoms with Crippen molar-refractivity contribution < 1.29 is 4.74 Å². The fourth-order valence-electron chi connectivity index (χ4n) is 3.00. The minimum Gasteiger partial charge on any atom is -0.376 e. The van der Waals surface area contributed by atoms with E-state index in [1.165, 1.54) is 43.2 Å². The molecule has 1 aromatic rings. The Morgan fingerprint density at radius 2 is 1.71 bits per heavy atom. The van der Waals surface area contributed by atoms with Crippen molar-refractivity contribution in [3.63, 3.8) is 0 Å². The van der Waals surface area contributed by atoms with Gasteiger partial charge in [0.15, 0.2) is 0 Å². The summed E-state index contributed by atoms with van der Waals surface area (Å²) in [6.45, 7) is 7.13. The van der Waals surface area contributed by atoms with Gasteiger partial charge in [0.05, 0.1) is 6.61 Å². The predicted molar refractivity (Wildman–Crippen MR) is 89.5 cm³/mol. The first-order chi connectivity index (χ1) is 10.2. The average Bonchev–Trinajstić information content (AvgIpc) is 2.50. The van der Waals surface area contributed by atoms with Gasteiger partial charge in [-0.1, -0.05) is 57.4 Å². The predicted octanol–water partition coefficient (Wildman–Crippen LogP) is 4.32. The lowest BCUT2D eigenvalue weighted by Gasteiger charge is -2.21. The number of hydrogen-bond donors (Lipinski definition) is 1. The third kappa shape index (κ3) is 6.62. The van der Waals surface area contributed by atoms with Crippen LogP contribution in [0.5, 0.6) is 0 Å². The molecule has 0 bridgehead atoms. The molecule has 0 heterocycles. The molecule has 1 aromatic carbocycles. The fraction of sp³-hybridized carbons (Fsp3) is 0.684. The van der Waals surface area contributed by atoms with Crippen LogP contribution in [-0.2, 0) is 17.8 Å². The van der Waals surface area contributed by atoms with Gasteiger partial charge in [0.25, 0.3) is 0 Å². The van der Waals surface area contributed by atoms with Gasteiger partial charge in [-0.3, -0.25) is 0 Å². The Hall–Kier alpha value is -0.860. The van der Waals surface area contributed by atoms with Crippen molar-refractivity contribution >= 4 is 0 Å². The molecule has 1 N–H and O–H groups in total. The Labute approximate surface area is 130 Å². The second-order valence-electron chi connectivity index (χ2n) is 6.69. The van der Waals surface area contributed by atoms with Crippen molar-refractivity contribution in [3.05, 3.63) is 35.4 Å². The molecule has 0 amide bonds. The van der Waals surface area contributed by atoms with Crippen LogP contribution in [-0.4, -0.2) is 19.2 Å². The summed E-state index contributed by atoms with van der Waals surface area (Å²) in [5.74, 6) is 0.806. The molecule has 1 fully saturated rings. The van der Waals surface area contributed by atoms with Gasteiger partial charge in [0.1, 0.15) is 0 Å². The van der Waals surface area contributed by atoms with Crippen LogP contribution in [0.2, 0.25) is 0 Å². The summed E-state index contributed by atoms with van der Waals surface area (Å²) in [7, 11) is 0. The molecule has 0 saturated heterocycles. The molecule has 0 unspecified atom stereocenters. The molecule has 1 aliphatic carbocycles. The van der Waals surface area contributed by atoms with Crippen LogP contribution in [0.1, 0.15) is 57.1 Å². The van der Waals surface area contributed by atoms with E-state index < -0.39 is 0 Å². The zero-order valence-corrected chi connectivity index (χ0v) is 13.7. The summed E-state index contributed by atoms with van der Waals surface area (Å²) in [4.78, 5) is 0. The van der Waals surface area contributed by atoms with Crippen LogP contribution in [0.3, 0.4) is 0 Å². The fourth-order valence-corrected chi connectivity index (χ4v) is 3.00. The highest BCUT2D eigenvalue weighted by Gasteiger charge is 2.13. The normalized spacial score (nSPS) is 16.5. The summed E-state index contributed by atoms with van der Waals surface area (Å²) >= 11 is 0. The van der Waals surface area contributed by atoms with E-state index >= 15 is 0 Å². The quantitative estimate of drug-likeness (QED) is 0.769. The van der Waals surface area contributed by atoms with E-state index in [2.05, 4.69) is 43.4 Å². The Morgan fingerprint density at radius 1 is 1.05 bits per heavy atom. The number of rotatable bonds is 8. The summed E-state index contributed by atoms with van der Waals surface area (Å²) in [6.07, 6.45) is 8.04. The highest BCUT2D eigenvalue weighted by atomic mass is 16.5. The minimum atomic E-state index is 0.567. The minimum absolute atomic E-state index is 0.567. The third-order valence-corrected chi connectivity index (χ3v) is 4.34. The van der Waals surface area contributed by atoms with Crippen LogP contribution >= 0.6 is 0 Å². The molecule has 0 aliphatic heterocycles. The Bertz CT molecular complexity index is 379. The van der Waals surface area contributed by atoms with Crippen molar-refractivity contribution in [1.82, 2.24) is 5.32 Å². The lowest BCUT2D eigenvalue weighted by atomic mass is 9.90. The first-order valence-corrected chi connectivity index (χ1v) is 8.63. The molecule has 118 valence electrons. The smallest absolute Gasteiger partial charge is 0.0717 e. The second-order valence-corrected chi connectivity index (χ2v) is 6.69. The number of hydrogen-bond acceptors (Lipinski definition) is 2. The monoisotopic (exact) mass is 289 g/mol. The average molecular weight is 289 g/mol. The molecule has 1 aliphatic rings. The van der Waals surface area contributed by atoms with Crippen LogP contribution in [0, 0.1) is 5.92 Å². The van der Waals surface area contributed by atoms with Gasteiger partial charge in [0.2, 0.25) is 0 Å². The van der Waals surface area contributed by atoms with Crippen molar-refractivity contribution in [2.45, 2.75) is 65.0 Å². The lowest BCUT2D eigenvalue weighted by Crippen LogP contribution is -2.24. The van der Waals surface area contributed by atoms with E-state index in [-0.39, 0.29) is 0 Å².